The summed E-state index contributed by atoms with van der Waals surface area (Å²) >= 11 is 3.90. The fourth-order valence-corrected chi connectivity index (χ4v) is 5.01. The van der Waals surface area contributed by atoms with Gasteiger partial charge in [0, 0.05) is 21.3 Å². The minimum atomic E-state index is -0.892. The molecule has 2 aromatic carbocycles. The van der Waals surface area contributed by atoms with E-state index < -0.39 is 5.97 Å². The lowest BCUT2D eigenvalue weighted by molar-refractivity contribution is 0.0697. The van der Waals surface area contributed by atoms with Crippen molar-refractivity contribution in [1.29, 1.82) is 0 Å². The number of benzene rings is 2. The van der Waals surface area contributed by atoms with Crippen molar-refractivity contribution in [2.24, 2.45) is 5.92 Å². The summed E-state index contributed by atoms with van der Waals surface area (Å²) in [6.07, 6.45) is 2.10. The molecule has 124 valence electrons. The summed E-state index contributed by atoms with van der Waals surface area (Å²) in [7, 11) is 0. The summed E-state index contributed by atoms with van der Waals surface area (Å²) in [5.74, 6) is 2.20. The van der Waals surface area contributed by atoms with E-state index >= 15 is 0 Å². The molecule has 1 heterocycles. The van der Waals surface area contributed by atoms with E-state index in [2.05, 4.69) is 38.1 Å². The van der Waals surface area contributed by atoms with Gasteiger partial charge in [0.15, 0.2) is 0 Å². The van der Waals surface area contributed by atoms with Crippen molar-refractivity contribution in [3.63, 3.8) is 0 Å². The van der Waals surface area contributed by atoms with Gasteiger partial charge in [0.25, 0.3) is 0 Å². The second-order valence-electron chi connectivity index (χ2n) is 6.14. The number of carboxylic acids is 1. The molecule has 0 bridgehead atoms. The van der Waals surface area contributed by atoms with Gasteiger partial charge >= 0.3 is 5.97 Å². The SMILES string of the molecule is CC(=Cc1ccc(C(=O)O)cc1)c1ccc2c(c1)SCC(C)CS2. The smallest absolute Gasteiger partial charge is 0.335 e. The Morgan fingerprint density at radius 3 is 2.33 bits per heavy atom. The van der Waals surface area contributed by atoms with Crippen LogP contribution in [0.1, 0.15) is 35.3 Å². The second kappa shape index (κ2) is 7.49. The normalized spacial score (nSPS) is 17.9. The van der Waals surface area contributed by atoms with Crippen LogP contribution in [0.3, 0.4) is 0 Å². The molecule has 24 heavy (non-hydrogen) atoms. The average Bonchev–Trinajstić information content (AvgIpc) is 2.77. The van der Waals surface area contributed by atoms with E-state index in [-0.39, 0.29) is 0 Å². The maximum absolute atomic E-state index is 10.9. The van der Waals surface area contributed by atoms with Crippen LogP contribution in [-0.4, -0.2) is 22.6 Å². The third-order valence-electron chi connectivity index (χ3n) is 3.99. The van der Waals surface area contributed by atoms with Gasteiger partial charge in [-0.2, -0.15) is 0 Å². The van der Waals surface area contributed by atoms with Gasteiger partial charge in [0.2, 0.25) is 0 Å². The first kappa shape index (κ1) is 17.2. The van der Waals surface area contributed by atoms with Crippen LogP contribution in [0.5, 0.6) is 0 Å². The van der Waals surface area contributed by atoms with Gasteiger partial charge in [-0.1, -0.05) is 31.2 Å². The van der Waals surface area contributed by atoms with E-state index in [4.69, 9.17) is 5.11 Å². The zero-order chi connectivity index (χ0) is 17.1. The molecule has 0 aromatic heterocycles. The number of fused-ring (bicyclic) bond motifs is 1. The molecule has 1 aliphatic heterocycles. The number of rotatable bonds is 3. The lowest BCUT2D eigenvalue weighted by atomic mass is 10.0. The predicted octanol–water partition coefficient (Wildman–Crippen LogP) is 5.78. The number of hydrogen-bond acceptors (Lipinski definition) is 3. The molecule has 3 rings (SSSR count). The fraction of sp³-hybridized carbons (Fsp3) is 0.250. The lowest BCUT2D eigenvalue weighted by Gasteiger charge is -2.08. The molecule has 4 heteroatoms. The molecule has 2 aromatic rings. The van der Waals surface area contributed by atoms with Gasteiger partial charge in [-0.3, -0.25) is 0 Å². The zero-order valence-electron chi connectivity index (χ0n) is 13.8. The van der Waals surface area contributed by atoms with Gasteiger partial charge < -0.3 is 5.11 Å². The summed E-state index contributed by atoms with van der Waals surface area (Å²) < 4.78 is 0. The Hall–Kier alpha value is -1.65. The second-order valence-corrected chi connectivity index (χ2v) is 8.27. The summed E-state index contributed by atoms with van der Waals surface area (Å²) in [5.41, 5.74) is 3.74. The highest BCUT2D eigenvalue weighted by Crippen LogP contribution is 2.38. The van der Waals surface area contributed by atoms with Crippen LogP contribution in [0, 0.1) is 5.92 Å². The number of aromatic carboxylic acids is 1. The number of hydrogen-bond donors (Lipinski definition) is 1. The van der Waals surface area contributed by atoms with Crippen LogP contribution < -0.4 is 0 Å². The number of allylic oxidation sites excluding steroid dienone is 1. The van der Waals surface area contributed by atoms with E-state index in [1.165, 1.54) is 32.4 Å². The van der Waals surface area contributed by atoms with Crippen molar-refractivity contribution in [2.75, 3.05) is 11.5 Å². The van der Waals surface area contributed by atoms with Gasteiger partial charge in [0.1, 0.15) is 0 Å². The van der Waals surface area contributed by atoms with Crippen LogP contribution in [0.15, 0.2) is 52.3 Å². The molecule has 0 saturated heterocycles. The molecule has 0 aliphatic carbocycles. The Morgan fingerprint density at radius 2 is 1.67 bits per heavy atom. The minimum absolute atomic E-state index is 0.317. The van der Waals surface area contributed by atoms with E-state index in [1.807, 2.05) is 35.7 Å². The van der Waals surface area contributed by atoms with Crippen molar-refractivity contribution in [3.8, 4) is 0 Å². The van der Waals surface area contributed by atoms with Crippen LogP contribution in [0.4, 0.5) is 0 Å². The molecule has 0 amide bonds. The van der Waals surface area contributed by atoms with Gasteiger partial charge in [-0.15, -0.1) is 23.5 Å². The lowest BCUT2D eigenvalue weighted by Crippen LogP contribution is -1.98. The Bertz CT molecular complexity index is 779. The van der Waals surface area contributed by atoms with E-state index in [1.54, 1.807) is 12.1 Å². The van der Waals surface area contributed by atoms with Crippen LogP contribution >= 0.6 is 23.5 Å². The molecular formula is C20H20O2S2. The molecule has 1 aliphatic rings. The number of carbonyl (C=O) groups is 1. The maximum atomic E-state index is 10.9. The van der Waals surface area contributed by atoms with Crippen molar-refractivity contribution in [1.82, 2.24) is 0 Å². The molecule has 0 spiro atoms. The molecule has 1 N–H and O–H groups in total. The van der Waals surface area contributed by atoms with Crippen LogP contribution in [-0.2, 0) is 0 Å². The highest BCUT2D eigenvalue weighted by atomic mass is 32.2. The van der Waals surface area contributed by atoms with E-state index in [0.29, 0.717) is 5.56 Å². The van der Waals surface area contributed by atoms with Crippen molar-refractivity contribution >= 4 is 41.1 Å². The number of carboxylic acid groups (broad SMARTS) is 1. The third kappa shape index (κ3) is 4.05. The fourth-order valence-electron chi connectivity index (χ4n) is 2.55. The molecule has 1 unspecified atom stereocenters. The highest BCUT2D eigenvalue weighted by Gasteiger charge is 2.14. The van der Waals surface area contributed by atoms with Gasteiger partial charge in [-0.25, -0.2) is 4.79 Å². The van der Waals surface area contributed by atoms with Gasteiger partial charge in [0.05, 0.1) is 5.56 Å². The van der Waals surface area contributed by atoms with Gasteiger partial charge in [-0.05, 0) is 53.8 Å². The monoisotopic (exact) mass is 356 g/mol. The third-order valence-corrected chi connectivity index (χ3v) is 6.90. The standard InChI is InChI=1S/C20H20O2S2/c1-13-11-23-18-8-7-17(10-19(18)24-12-13)14(2)9-15-3-5-16(6-4-15)20(21)22/h3-10,13H,11-12H2,1-2H3,(H,21,22). The summed E-state index contributed by atoms with van der Waals surface area (Å²) in [5, 5.41) is 8.97. The Morgan fingerprint density at radius 1 is 1.04 bits per heavy atom. The molecule has 0 saturated carbocycles. The quantitative estimate of drug-likeness (QED) is 0.707. The molecule has 0 radical (unpaired) electrons. The summed E-state index contributed by atoms with van der Waals surface area (Å²) in [6, 6.07) is 13.7. The van der Waals surface area contributed by atoms with E-state index in [9.17, 15) is 4.79 Å². The first-order valence-electron chi connectivity index (χ1n) is 7.94. The Labute approximate surface area is 151 Å². The Balaban J connectivity index is 1.84. The highest BCUT2D eigenvalue weighted by molar-refractivity contribution is 8.03. The maximum Gasteiger partial charge on any atom is 0.335 e. The first-order valence-corrected chi connectivity index (χ1v) is 9.92. The molecule has 2 nitrogen and oxygen atoms in total. The van der Waals surface area contributed by atoms with E-state index in [0.717, 1.165) is 11.5 Å². The van der Waals surface area contributed by atoms with Crippen molar-refractivity contribution in [3.05, 3.63) is 59.2 Å². The zero-order valence-corrected chi connectivity index (χ0v) is 15.4. The largest absolute Gasteiger partial charge is 0.478 e. The first-order chi connectivity index (χ1) is 11.5. The summed E-state index contributed by atoms with van der Waals surface area (Å²) in [6.45, 7) is 4.41. The molecule has 0 fully saturated rings. The molecular weight excluding hydrogens is 336 g/mol. The number of thioether (sulfide) groups is 2. The molecule has 1 atom stereocenters. The van der Waals surface area contributed by atoms with Crippen molar-refractivity contribution < 1.29 is 9.90 Å². The predicted molar refractivity (Wildman–Crippen MR) is 104 cm³/mol. The minimum Gasteiger partial charge on any atom is -0.478 e. The van der Waals surface area contributed by atoms with Crippen molar-refractivity contribution in [2.45, 2.75) is 23.6 Å². The topological polar surface area (TPSA) is 37.3 Å². The van der Waals surface area contributed by atoms with Crippen LogP contribution in [0.2, 0.25) is 0 Å². The summed E-state index contributed by atoms with van der Waals surface area (Å²) in [4.78, 5) is 13.7. The Kier molecular flexibility index (Phi) is 5.36. The average molecular weight is 357 g/mol. The van der Waals surface area contributed by atoms with Crippen LogP contribution in [0.25, 0.3) is 11.6 Å².